The number of alkyl halides is 3. The van der Waals surface area contributed by atoms with Crippen molar-refractivity contribution in [3.63, 3.8) is 0 Å². The monoisotopic (exact) mass is 367 g/mol. The summed E-state index contributed by atoms with van der Waals surface area (Å²) >= 11 is 0. The molecule has 1 fully saturated rings. The van der Waals surface area contributed by atoms with Gasteiger partial charge in [0.05, 0.1) is 11.1 Å². The summed E-state index contributed by atoms with van der Waals surface area (Å²) in [6.45, 7) is 0. The first kappa shape index (κ1) is 19.7. The lowest BCUT2D eigenvalue weighted by Crippen LogP contribution is -2.24. The van der Waals surface area contributed by atoms with E-state index in [2.05, 4.69) is 0 Å². The van der Waals surface area contributed by atoms with Crippen LogP contribution in [0.25, 0.3) is 0 Å². The third-order valence-electron chi connectivity index (χ3n) is 4.17. The van der Waals surface area contributed by atoms with Crippen molar-refractivity contribution in [3.8, 4) is 6.07 Å². The summed E-state index contributed by atoms with van der Waals surface area (Å²) in [5.74, 6) is -1.30. The molecule has 0 saturated heterocycles. The van der Waals surface area contributed by atoms with Crippen molar-refractivity contribution >= 4 is 5.97 Å². The second-order valence-corrected chi connectivity index (χ2v) is 6.03. The molecule has 1 aliphatic rings. The molecule has 7 heteroatoms. The lowest BCUT2D eigenvalue weighted by molar-refractivity contribution is -0.137. The smallest absolute Gasteiger partial charge is 0.416 e. The van der Waals surface area contributed by atoms with Gasteiger partial charge in [0.15, 0.2) is 5.83 Å². The van der Waals surface area contributed by atoms with Crippen LogP contribution in [0, 0.1) is 17.2 Å². The minimum Gasteiger partial charge on any atom is -0.459 e. The van der Waals surface area contributed by atoms with Crippen LogP contribution >= 0.6 is 0 Å². The number of halogens is 4. The molecule has 26 heavy (non-hydrogen) atoms. The zero-order valence-corrected chi connectivity index (χ0v) is 13.8. The molecule has 0 aliphatic heterocycles. The molecule has 0 atom stereocenters. The maximum atomic E-state index is 12.7. The number of rotatable bonds is 4. The highest BCUT2D eigenvalue weighted by Crippen LogP contribution is 2.30. The van der Waals surface area contributed by atoms with E-state index in [1.54, 1.807) is 0 Å². The Morgan fingerprint density at radius 1 is 1.15 bits per heavy atom. The molecule has 0 N–H and O–H groups in total. The number of nitrogens with zero attached hydrogens (tertiary/aromatic N) is 1. The number of carbonyl (C=O) groups excluding carboxylic acids is 1. The standard InChI is InChI=1S/C19H17F4NO2/c20-16(12-24)3-1-2-13-4-10-17(11-5-13)26-18(25)14-6-8-15(9-7-14)19(21,22)23/h1-3,6-9,13,17H,4-5,10-11H2/t13-,17-. The first-order valence-corrected chi connectivity index (χ1v) is 8.12. The van der Waals surface area contributed by atoms with Gasteiger partial charge in [-0.1, -0.05) is 12.2 Å². The molecule has 0 heterocycles. The van der Waals surface area contributed by atoms with Gasteiger partial charge >= 0.3 is 12.1 Å². The Bertz CT molecular complexity index is 721. The molecule has 0 amide bonds. The predicted molar refractivity (Wildman–Crippen MR) is 86.5 cm³/mol. The van der Waals surface area contributed by atoms with Gasteiger partial charge in [0.25, 0.3) is 0 Å². The Kier molecular flexibility index (Phi) is 6.56. The zero-order chi connectivity index (χ0) is 19.2. The van der Waals surface area contributed by atoms with Gasteiger partial charge in [-0.2, -0.15) is 22.8 Å². The summed E-state index contributed by atoms with van der Waals surface area (Å²) in [6.07, 6.45) is 2.38. The van der Waals surface area contributed by atoms with Crippen LogP contribution in [0.3, 0.4) is 0 Å². The van der Waals surface area contributed by atoms with Crippen LogP contribution in [0.4, 0.5) is 17.6 Å². The van der Waals surface area contributed by atoms with Crippen LogP contribution in [0.15, 0.2) is 48.3 Å². The number of allylic oxidation sites excluding steroid dienone is 4. The normalized spacial score (nSPS) is 21.4. The third-order valence-corrected chi connectivity index (χ3v) is 4.17. The predicted octanol–water partition coefficient (Wildman–Crippen LogP) is 5.35. The number of carbonyl (C=O) groups is 1. The molecular formula is C19H17F4NO2. The summed E-state index contributed by atoms with van der Waals surface area (Å²) in [6, 6.07) is 5.30. The van der Waals surface area contributed by atoms with Gasteiger partial charge in [0.2, 0.25) is 0 Å². The molecule has 1 aromatic rings. The topological polar surface area (TPSA) is 50.1 Å². The molecule has 0 radical (unpaired) electrons. The van der Waals surface area contributed by atoms with E-state index >= 15 is 0 Å². The van der Waals surface area contributed by atoms with Gasteiger partial charge in [0.1, 0.15) is 12.2 Å². The fourth-order valence-corrected chi connectivity index (χ4v) is 2.75. The van der Waals surface area contributed by atoms with Crippen molar-refractivity contribution in [1.29, 1.82) is 5.26 Å². The Morgan fingerprint density at radius 3 is 2.31 bits per heavy atom. The molecule has 138 valence electrons. The van der Waals surface area contributed by atoms with E-state index in [1.807, 2.05) is 6.08 Å². The average molecular weight is 367 g/mol. The highest BCUT2D eigenvalue weighted by molar-refractivity contribution is 5.89. The van der Waals surface area contributed by atoms with Crippen molar-refractivity contribution in [3.05, 3.63) is 59.4 Å². The van der Waals surface area contributed by atoms with Gasteiger partial charge in [-0.25, -0.2) is 4.79 Å². The number of hydrogen-bond acceptors (Lipinski definition) is 3. The Labute approximate surface area is 148 Å². The Hall–Kier alpha value is -2.62. The van der Waals surface area contributed by atoms with Crippen LogP contribution in [-0.2, 0) is 10.9 Å². The van der Waals surface area contributed by atoms with Gasteiger partial charge in [-0.15, -0.1) is 0 Å². The Balaban J connectivity index is 1.84. The molecule has 0 unspecified atom stereocenters. The first-order chi connectivity index (χ1) is 12.3. The highest BCUT2D eigenvalue weighted by atomic mass is 19.4. The number of nitriles is 1. The average Bonchev–Trinajstić information content (AvgIpc) is 2.62. The van der Waals surface area contributed by atoms with E-state index in [0.29, 0.717) is 12.8 Å². The fourth-order valence-electron chi connectivity index (χ4n) is 2.75. The van der Waals surface area contributed by atoms with Crippen molar-refractivity contribution < 1.29 is 27.1 Å². The number of ether oxygens (including phenoxy) is 1. The van der Waals surface area contributed by atoms with E-state index in [0.717, 1.165) is 43.2 Å². The third kappa shape index (κ3) is 5.73. The largest absolute Gasteiger partial charge is 0.459 e. The van der Waals surface area contributed by atoms with Crippen molar-refractivity contribution in [2.75, 3.05) is 0 Å². The Morgan fingerprint density at radius 2 is 1.77 bits per heavy atom. The van der Waals surface area contributed by atoms with Crippen molar-refractivity contribution in [1.82, 2.24) is 0 Å². The second kappa shape index (κ2) is 8.65. The second-order valence-electron chi connectivity index (χ2n) is 6.03. The molecule has 1 aromatic carbocycles. The molecule has 0 bridgehead atoms. The molecule has 1 saturated carbocycles. The summed E-state index contributed by atoms with van der Waals surface area (Å²) in [4.78, 5) is 12.0. The quantitative estimate of drug-likeness (QED) is 0.312. The lowest BCUT2D eigenvalue weighted by atomic mass is 9.87. The van der Waals surface area contributed by atoms with Crippen LogP contribution < -0.4 is 0 Å². The number of benzene rings is 1. The maximum Gasteiger partial charge on any atom is 0.416 e. The van der Waals surface area contributed by atoms with Gasteiger partial charge in [-0.3, -0.25) is 0 Å². The van der Waals surface area contributed by atoms with E-state index in [1.165, 1.54) is 12.1 Å². The highest BCUT2D eigenvalue weighted by Gasteiger charge is 2.30. The van der Waals surface area contributed by atoms with Crippen LogP contribution in [0.2, 0.25) is 0 Å². The van der Waals surface area contributed by atoms with Crippen LogP contribution in [-0.4, -0.2) is 12.1 Å². The molecule has 1 aliphatic carbocycles. The zero-order valence-electron chi connectivity index (χ0n) is 13.8. The van der Waals surface area contributed by atoms with Gasteiger partial charge in [-0.05, 0) is 61.9 Å². The molecular weight excluding hydrogens is 350 g/mol. The van der Waals surface area contributed by atoms with E-state index in [9.17, 15) is 22.4 Å². The van der Waals surface area contributed by atoms with E-state index in [-0.39, 0.29) is 17.6 Å². The summed E-state index contributed by atoms with van der Waals surface area (Å²) in [5.41, 5.74) is -0.736. The summed E-state index contributed by atoms with van der Waals surface area (Å²) in [5, 5.41) is 8.31. The minimum absolute atomic E-state index is 0.0807. The number of esters is 1. The summed E-state index contributed by atoms with van der Waals surface area (Å²) < 4.78 is 55.6. The van der Waals surface area contributed by atoms with Gasteiger partial charge < -0.3 is 4.74 Å². The van der Waals surface area contributed by atoms with E-state index < -0.39 is 23.5 Å². The minimum atomic E-state index is -4.44. The lowest BCUT2D eigenvalue weighted by Gasteiger charge is -2.26. The fraction of sp³-hybridized carbons (Fsp3) is 0.368. The van der Waals surface area contributed by atoms with Crippen molar-refractivity contribution in [2.45, 2.75) is 38.0 Å². The molecule has 2 rings (SSSR count). The molecule has 0 aromatic heterocycles. The number of hydrogen-bond donors (Lipinski definition) is 0. The maximum absolute atomic E-state index is 12.7. The SMILES string of the molecule is N#CC(F)=CC=C[C@H]1CC[C@H](OC(=O)c2ccc(C(F)(F)F)cc2)CC1. The van der Waals surface area contributed by atoms with Crippen molar-refractivity contribution in [2.24, 2.45) is 5.92 Å². The molecule has 3 nitrogen and oxygen atoms in total. The van der Waals surface area contributed by atoms with Crippen LogP contribution in [0.1, 0.15) is 41.6 Å². The van der Waals surface area contributed by atoms with Gasteiger partial charge in [0, 0.05) is 0 Å². The van der Waals surface area contributed by atoms with Crippen LogP contribution in [0.5, 0.6) is 0 Å². The van der Waals surface area contributed by atoms with E-state index in [4.69, 9.17) is 10.00 Å². The first-order valence-electron chi connectivity index (χ1n) is 8.12. The molecule has 0 spiro atoms. The summed E-state index contributed by atoms with van der Waals surface area (Å²) in [7, 11) is 0.